The highest BCUT2D eigenvalue weighted by Gasteiger charge is 2.43. The lowest BCUT2D eigenvalue weighted by atomic mass is 10.1. The van der Waals surface area contributed by atoms with E-state index in [2.05, 4.69) is 0 Å². The molecule has 96 valence electrons. The van der Waals surface area contributed by atoms with Crippen molar-refractivity contribution < 1.29 is 13.2 Å². The number of nitrogens with zero attached hydrogens (tertiary/aromatic N) is 1. The molecule has 0 bridgehead atoms. The maximum absolute atomic E-state index is 12.3. The van der Waals surface area contributed by atoms with Crippen molar-refractivity contribution in [3.05, 3.63) is 42.0 Å². The monoisotopic (exact) mass is 265 g/mol. The normalized spacial score (nSPS) is 20.2. The van der Waals surface area contributed by atoms with Gasteiger partial charge in [0.05, 0.1) is 17.4 Å². The number of rotatable bonds is 3. The average molecular weight is 265 g/mol. The summed E-state index contributed by atoms with van der Waals surface area (Å²) in [6.07, 6.45) is 3.75. The minimum absolute atomic E-state index is 0.163. The third-order valence-corrected chi connectivity index (χ3v) is 4.78. The Morgan fingerprint density at radius 1 is 1.28 bits per heavy atom. The number of amides is 1. The highest BCUT2D eigenvalue weighted by molar-refractivity contribution is 7.89. The number of hydrogen-bond donors (Lipinski definition) is 0. The van der Waals surface area contributed by atoms with Crippen LogP contribution in [0.3, 0.4) is 0 Å². The van der Waals surface area contributed by atoms with Crippen LogP contribution in [0.15, 0.2) is 41.3 Å². The molecule has 1 aromatic rings. The summed E-state index contributed by atoms with van der Waals surface area (Å²) in [4.78, 5) is 11.7. The Hall–Kier alpha value is -1.62. The van der Waals surface area contributed by atoms with E-state index in [9.17, 15) is 13.2 Å². The molecule has 2 rings (SSSR count). The third-order valence-electron chi connectivity index (χ3n) is 2.92. The lowest BCUT2D eigenvalue weighted by Crippen LogP contribution is -2.54. The second kappa shape index (κ2) is 4.57. The second-order valence-corrected chi connectivity index (χ2v) is 6.12. The zero-order valence-electron chi connectivity index (χ0n) is 10.3. The van der Waals surface area contributed by atoms with Crippen molar-refractivity contribution in [1.82, 2.24) is 4.31 Å². The molecule has 0 radical (unpaired) electrons. The van der Waals surface area contributed by atoms with Gasteiger partial charge >= 0.3 is 0 Å². The maximum Gasteiger partial charge on any atom is 0.267 e. The summed E-state index contributed by atoms with van der Waals surface area (Å²) in [5.41, 5.74) is 0.980. The number of benzene rings is 1. The molecule has 0 saturated carbocycles. The van der Waals surface area contributed by atoms with Crippen molar-refractivity contribution in [3.63, 3.8) is 0 Å². The van der Waals surface area contributed by atoms with E-state index in [1.54, 1.807) is 31.2 Å². The van der Waals surface area contributed by atoms with Gasteiger partial charge in [-0.3, -0.25) is 4.79 Å². The Morgan fingerprint density at radius 2 is 1.89 bits per heavy atom. The fourth-order valence-corrected chi connectivity index (χ4v) is 3.48. The van der Waals surface area contributed by atoms with Gasteiger partial charge in [0.2, 0.25) is 5.91 Å². The first kappa shape index (κ1) is 12.8. The first-order chi connectivity index (χ1) is 8.46. The van der Waals surface area contributed by atoms with E-state index in [1.807, 2.05) is 6.92 Å². The van der Waals surface area contributed by atoms with Crippen LogP contribution < -0.4 is 0 Å². The van der Waals surface area contributed by atoms with Crippen molar-refractivity contribution in [3.8, 4) is 0 Å². The molecule has 1 aliphatic heterocycles. The Labute approximate surface area is 107 Å². The summed E-state index contributed by atoms with van der Waals surface area (Å²) >= 11 is 0. The molecule has 4 nitrogen and oxygen atoms in total. The number of allylic oxidation sites excluding steroid dienone is 1. The number of carbonyl (C=O) groups is 1. The highest BCUT2D eigenvalue weighted by Crippen LogP contribution is 2.29. The molecule has 1 aromatic carbocycles. The van der Waals surface area contributed by atoms with Crippen LogP contribution in [0.5, 0.6) is 0 Å². The summed E-state index contributed by atoms with van der Waals surface area (Å²) in [6, 6.07) is 6.17. The molecule has 1 aliphatic rings. The summed E-state index contributed by atoms with van der Waals surface area (Å²) in [5.74, 6) is -0.348. The molecule has 5 heteroatoms. The Kier molecular flexibility index (Phi) is 3.26. The van der Waals surface area contributed by atoms with Gasteiger partial charge in [-0.25, -0.2) is 12.7 Å². The SMILES string of the molecule is C/C=C/[C@H]1CC(=O)N1S(=O)(=O)c1ccc(C)cc1. The van der Waals surface area contributed by atoms with E-state index in [0.29, 0.717) is 0 Å². The number of carbonyl (C=O) groups excluding carboxylic acids is 1. The Bertz CT molecular complexity index is 587. The smallest absolute Gasteiger partial charge is 0.267 e. The molecule has 1 amide bonds. The van der Waals surface area contributed by atoms with E-state index in [-0.39, 0.29) is 23.3 Å². The summed E-state index contributed by atoms with van der Waals surface area (Å²) in [7, 11) is -3.71. The molecule has 0 unspecified atom stereocenters. The quantitative estimate of drug-likeness (QED) is 0.619. The largest absolute Gasteiger partial charge is 0.274 e. The lowest BCUT2D eigenvalue weighted by Gasteiger charge is -2.37. The van der Waals surface area contributed by atoms with E-state index >= 15 is 0 Å². The van der Waals surface area contributed by atoms with E-state index in [1.165, 1.54) is 12.1 Å². The van der Waals surface area contributed by atoms with Crippen molar-refractivity contribution in [2.24, 2.45) is 0 Å². The van der Waals surface area contributed by atoms with Gasteiger partial charge in [-0.15, -0.1) is 0 Å². The van der Waals surface area contributed by atoms with Crippen LogP contribution in [0.1, 0.15) is 18.9 Å². The molecule has 1 saturated heterocycles. The summed E-state index contributed by atoms with van der Waals surface area (Å²) < 4.78 is 25.5. The first-order valence-corrected chi connectivity index (χ1v) is 7.17. The fourth-order valence-electron chi connectivity index (χ4n) is 1.93. The second-order valence-electron chi connectivity index (χ2n) is 4.30. The Balaban J connectivity index is 2.36. The van der Waals surface area contributed by atoms with Crippen LogP contribution in [0.2, 0.25) is 0 Å². The highest BCUT2D eigenvalue weighted by atomic mass is 32.2. The number of aryl methyl sites for hydroxylation is 1. The number of hydrogen-bond acceptors (Lipinski definition) is 3. The van der Waals surface area contributed by atoms with E-state index in [4.69, 9.17) is 0 Å². The molecule has 0 aliphatic carbocycles. The van der Waals surface area contributed by atoms with E-state index < -0.39 is 10.0 Å². The zero-order chi connectivity index (χ0) is 13.3. The minimum Gasteiger partial charge on any atom is -0.274 e. The van der Waals surface area contributed by atoms with Crippen LogP contribution in [-0.2, 0) is 14.8 Å². The molecule has 18 heavy (non-hydrogen) atoms. The third kappa shape index (κ3) is 2.06. The van der Waals surface area contributed by atoms with Crippen molar-refractivity contribution in [2.45, 2.75) is 31.2 Å². The number of β-lactam (4-membered cyclic amide) rings is 1. The summed E-state index contributed by atoms with van der Waals surface area (Å²) in [6.45, 7) is 3.69. The molecular formula is C13H15NO3S. The van der Waals surface area contributed by atoms with E-state index in [0.717, 1.165) is 9.87 Å². The number of sulfonamides is 1. The maximum atomic E-state index is 12.3. The average Bonchev–Trinajstić information content (AvgIpc) is 2.28. The van der Waals surface area contributed by atoms with Gasteiger partial charge in [-0.1, -0.05) is 29.8 Å². The molecule has 1 atom stereocenters. The molecule has 0 aromatic heterocycles. The molecule has 0 spiro atoms. The zero-order valence-corrected chi connectivity index (χ0v) is 11.1. The lowest BCUT2D eigenvalue weighted by molar-refractivity contribution is -0.135. The van der Waals surface area contributed by atoms with Gasteiger partial charge in [0.1, 0.15) is 0 Å². The van der Waals surface area contributed by atoms with Crippen LogP contribution in [-0.4, -0.2) is 24.7 Å². The van der Waals surface area contributed by atoms with Crippen LogP contribution in [0, 0.1) is 6.92 Å². The molecule has 1 heterocycles. The topological polar surface area (TPSA) is 54.5 Å². The van der Waals surface area contributed by atoms with Gasteiger partial charge in [0.25, 0.3) is 10.0 Å². The van der Waals surface area contributed by atoms with Gasteiger partial charge < -0.3 is 0 Å². The standard InChI is InChI=1S/C13H15NO3S/c1-3-4-11-9-13(15)14(11)18(16,17)12-7-5-10(2)6-8-12/h3-8,11H,9H2,1-2H3/b4-3+/t11-/m0/s1. The first-order valence-electron chi connectivity index (χ1n) is 5.73. The van der Waals surface area contributed by atoms with Crippen molar-refractivity contribution >= 4 is 15.9 Å². The van der Waals surface area contributed by atoms with Gasteiger partial charge in [0, 0.05) is 0 Å². The van der Waals surface area contributed by atoms with Crippen molar-refractivity contribution in [2.75, 3.05) is 0 Å². The van der Waals surface area contributed by atoms with Crippen LogP contribution in [0.25, 0.3) is 0 Å². The van der Waals surface area contributed by atoms with Gasteiger partial charge in [0.15, 0.2) is 0 Å². The predicted octanol–water partition coefficient (Wildman–Crippen LogP) is 1.86. The summed E-state index contributed by atoms with van der Waals surface area (Å²) in [5, 5.41) is 0. The molecular weight excluding hydrogens is 250 g/mol. The van der Waals surface area contributed by atoms with Gasteiger partial charge in [-0.05, 0) is 26.0 Å². The minimum atomic E-state index is -3.71. The fraction of sp³-hybridized carbons (Fsp3) is 0.308. The Morgan fingerprint density at radius 3 is 2.39 bits per heavy atom. The van der Waals surface area contributed by atoms with Crippen molar-refractivity contribution in [1.29, 1.82) is 0 Å². The molecule has 0 N–H and O–H groups in total. The van der Waals surface area contributed by atoms with Crippen LogP contribution in [0.4, 0.5) is 0 Å². The predicted molar refractivity (Wildman–Crippen MR) is 68.4 cm³/mol. The van der Waals surface area contributed by atoms with Gasteiger partial charge in [-0.2, -0.15) is 0 Å². The molecule has 1 fully saturated rings. The van der Waals surface area contributed by atoms with Crippen LogP contribution >= 0.6 is 0 Å².